The third-order valence-electron chi connectivity index (χ3n) is 17.0. The molecule has 6 heteroatoms. The molecule has 0 spiro atoms. The van der Waals surface area contributed by atoms with E-state index in [1.54, 1.807) is 0 Å². The van der Waals surface area contributed by atoms with Crippen LogP contribution in [-0.4, -0.2) is 34.1 Å². The van der Waals surface area contributed by atoms with E-state index in [1.807, 2.05) is 0 Å². The molecule has 0 radical (unpaired) electrons. The van der Waals surface area contributed by atoms with Crippen molar-refractivity contribution in [1.82, 2.24) is 10.6 Å². The Balaban J connectivity index is 3.10. The summed E-state index contributed by atoms with van der Waals surface area (Å²) in [5.74, 6) is -1.74. The van der Waals surface area contributed by atoms with Gasteiger partial charge in [-0.25, -0.2) is 0 Å². The van der Waals surface area contributed by atoms with E-state index in [2.05, 4.69) is 66.0 Å². The van der Waals surface area contributed by atoms with Gasteiger partial charge in [0.1, 0.15) is 0 Å². The summed E-state index contributed by atoms with van der Waals surface area (Å²) in [7, 11) is 0. The summed E-state index contributed by atoms with van der Waals surface area (Å²) in [5.41, 5.74) is -1.34. The van der Waals surface area contributed by atoms with E-state index in [-0.39, 0.29) is 40.4 Å². The van der Waals surface area contributed by atoms with E-state index in [9.17, 15) is 9.90 Å². The molecule has 6 nitrogen and oxygen atoms in total. The minimum Gasteiger partial charge on any atom is -0.550 e. The maximum absolute atomic E-state index is 15.3. The van der Waals surface area contributed by atoms with Crippen LogP contribution in [0.1, 0.15) is 319 Å². The van der Waals surface area contributed by atoms with Gasteiger partial charge in [-0.1, -0.05) is 222 Å². The molecule has 0 unspecified atom stereocenters. The Kier molecular flexibility index (Phi) is 30.0. The minimum atomic E-state index is -0.997. The molecule has 0 bridgehead atoms. The van der Waals surface area contributed by atoms with Gasteiger partial charge in [-0.3, -0.25) is 0 Å². The van der Waals surface area contributed by atoms with Gasteiger partial charge in [-0.05, 0) is 108 Å². The Bertz CT molecular complexity index is 1030. The second-order valence-corrected chi connectivity index (χ2v) is 22.5. The number of carbonyl (C=O) groups excluding carboxylic acids is 2. The topological polar surface area (TPSA) is 104 Å². The van der Waals surface area contributed by atoms with E-state index < -0.39 is 17.4 Å². The van der Waals surface area contributed by atoms with Crippen LogP contribution in [0.3, 0.4) is 0 Å². The van der Waals surface area contributed by atoms with Crippen LogP contribution in [-0.2, 0) is 9.59 Å². The van der Waals surface area contributed by atoms with Crippen LogP contribution in [0.2, 0.25) is 0 Å². The molecule has 0 aromatic rings. The van der Waals surface area contributed by atoms with Crippen LogP contribution in [0.5, 0.6) is 0 Å². The Hall–Kier alpha value is -1.14. The van der Waals surface area contributed by atoms with Crippen LogP contribution in [0.4, 0.5) is 0 Å². The summed E-state index contributed by atoms with van der Waals surface area (Å²) < 4.78 is 0. The van der Waals surface area contributed by atoms with Gasteiger partial charge >= 0.3 is 0 Å². The molecule has 64 heavy (non-hydrogen) atoms. The summed E-state index contributed by atoms with van der Waals surface area (Å²) >= 11 is 0. The number of carboxylic acids is 2. The number of rotatable bonds is 41. The zero-order valence-corrected chi connectivity index (χ0v) is 44.3. The Labute approximate surface area is 399 Å². The molecule has 0 aliphatic carbocycles. The van der Waals surface area contributed by atoms with Crippen molar-refractivity contribution in [3.63, 3.8) is 0 Å². The number of aliphatic carboxylic acids is 2. The third kappa shape index (κ3) is 19.5. The maximum Gasteiger partial charge on any atom is 0.0481 e. The number of hydrogen-bond acceptors (Lipinski definition) is 6. The molecule has 2 aliphatic rings. The monoisotopic (exact) mass is 899 g/mol. The number of hydrogen-bond donors (Lipinski definition) is 2. The number of unbranched alkanes of at least 4 members (excludes halogenated alkanes) is 18. The van der Waals surface area contributed by atoms with Gasteiger partial charge in [0, 0.05) is 39.5 Å². The molecular formula is C58H110N2O4-2. The molecule has 0 saturated carbocycles. The average molecular weight is 900 g/mol. The summed E-state index contributed by atoms with van der Waals surface area (Å²) in [4.78, 5) is 26.9. The second kappa shape index (κ2) is 32.6. The molecule has 2 aliphatic heterocycles. The maximum atomic E-state index is 15.3. The summed E-state index contributed by atoms with van der Waals surface area (Å²) in [6.45, 7) is 18.6. The van der Waals surface area contributed by atoms with Crippen LogP contribution >= 0.6 is 0 Å². The normalized spacial score (nSPS) is 18.7. The highest BCUT2D eigenvalue weighted by Crippen LogP contribution is 2.59. The molecule has 0 atom stereocenters. The number of nitrogens with one attached hydrogen (secondary N) is 2. The Morgan fingerprint density at radius 2 is 0.641 bits per heavy atom. The fourth-order valence-corrected chi connectivity index (χ4v) is 13.7. The lowest BCUT2D eigenvalue weighted by Crippen LogP contribution is -2.70. The van der Waals surface area contributed by atoms with Crippen molar-refractivity contribution < 1.29 is 19.8 Å². The zero-order valence-electron chi connectivity index (χ0n) is 44.3. The van der Waals surface area contributed by atoms with Gasteiger partial charge in [0.15, 0.2) is 0 Å². The van der Waals surface area contributed by atoms with Crippen LogP contribution in [0.15, 0.2) is 0 Å². The van der Waals surface area contributed by atoms with Crippen molar-refractivity contribution in [1.29, 1.82) is 0 Å². The van der Waals surface area contributed by atoms with Crippen molar-refractivity contribution in [3.05, 3.63) is 0 Å². The molecular weight excluding hydrogens is 789 g/mol. The molecule has 2 heterocycles. The van der Waals surface area contributed by atoms with Crippen LogP contribution in [0, 0.1) is 17.3 Å². The predicted molar refractivity (Wildman–Crippen MR) is 271 cm³/mol. The lowest BCUT2D eigenvalue weighted by Gasteiger charge is -2.63. The molecule has 0 amide bonds. The second-order valence-electron chi connectivity index (χ2n) is 22.5. The minimum absolute atomic E-state index is 0.0162. The van der Waals surface area contributed by atoms with Crippen molar-refractivity contribution >= 4 is 11.9 Å². The number of piperidine rings is 2. The zero-order chi connectivity index (χ0) is 47.2. The molecule has 2 rings (SSSR count). The molecule has 2 N–H and O–H groups in total. The highest BCUT2D eigenvalue weighted by molar-refractivity contribution is 5.74. The number of carboxylic acid groups (broad SMARTS) is 2. The molecule has 0 aromatic carbocycles. The van der Waals surface area contributed by atoms with Crippen LogP contribution in [0.25, 0.3) is 0 Å². The van der Waals surface area contributed by atoms with E-state index in [1.165, 1.54) is 154 Å². The molecule has 0 aromatic heterocycles. The van der Waals surface area contributed by atoms with Crippen molar-refractivity contribution in [2.75, 3.05) is 0 Å². The first kappa shape index (κ1) is 59.0. The van der Waals surface area contributed by atoms with Gasteiger partial charge in [-0.2, -0.15) is 0 Å². The van der Waals surface area contributed by atoms with E-state index in [4.69, 9.17) is 0 Å². The van der Waals surface area contributed by atoms with Gasteiger partial charge in [0.2, 0.25) is 0 Å². The average Bonchev–Trinajstić information content (AvgIpc) is 3.25. The molecule has 2 saturated heterocycles. The van der Waals surface area contributed by atoms with E-state index in [0.717, 1.165) is 89.9 Å². The summed E-state index contributed by atoms with van der Waals surface area (Å²) in [6, 6.07) is 0. The lowest BCUT2D eigenvalue weighted by atomic mass is 9.50. The Morgan fingerprint density at radius 1 is 0.391 bits per heavy atom. The van der Waals surface area contributed by atoms with Gasteiger partial charge < -0.3 is 30.4 Å². The van der Waals surface area contributed by atoms with Crippen LogP contribution < -0.4 is 20.8 Å². The molecule has 2 fully saturated rings. The van der Waals surface area contributed by atoms with Gasteiger partial charge in [0.25, 0.3) is 0 Å². The van der Waals surface area contributed by atoms with Gasteiger partial charge in [-0.15, -0.1) is 0 Å². The highest BCUT2D eigenvalue weighted by atomic mass is 16.4. The quantitative estimate of drug-likeness (QED) is 0.0592. The predicted octanol–water partition coefficient (Wildman–Crippen LogP) is 15.0. The SMILES string of the molecule is CCCCCC1(CCCCC)CC(C(CCCCCC(=O)[O-])(C(=O)[O-])C2CC(CCCCC)(CCCCC)NC(CCCCC)(CCCCC)C2)CC(CCCCC)(CCCCC)N1. The first-order chi connectivity index (χ1) is 30.9. The standard InChI is InChI=1S/C58H112N2O4/c1-9-17-27-37-54(38-28-18-10-2)46-50(47-55(59-54,39-29-19-11-3)40-30-20-12-4)58(53(63)64,45-35-25-26-36-52(61)62)51-48-56(41-31-21-13-5,42-32-22-14-6)60-57(49-51,43-33-23-15-7)44-34-24-16-8/h50-51,59-60H,9-49H2,1-8H3,(H,61,62)(H,63,64)/p-2. The third-order valence-corrected chi connectivity index (χ3v) is 17.0. The first-order valence-corrected chi connectivity index (χ1v) is 28.9. The molecule has 378 valence electrons. The Morgan fingerprint density at radius 3 is 0.844 bits per heavy atom. The van der Waals surface area contributed by atoms with Crippen molar-refractivity contribution in [3.8, 4) is 0 Å². The number of carbonyl (C=O) groups is 2. The highest BCUT2D eigenvalue weighted by Gasteiger charge is 2.59. The smallest absolute Gasteiger partial charge is 0.0481 e. The summed E-state index contributed by atoms with van der Waals surface area (Å²) in [5, 5.41) is 36.2. The summed E-state index contributed by atoms with van der Waals surface area (Å²) in [6.07, 6.45) is 44.1. The van der Waals surface area contributed by atoms with Crippen molar-refractivity contribution in [2.24, 2.45) is 17.3 Å². The fraction of sp³-hybridized carbons (Fsp3) is 0.966. The van der Waals surface area contributed by atoms with Crippen molar-refractivity contribution in [2.45, 2.75) is 341 Å². The van der Waals surface area contributed by atoms with E-state index in [0.29, 0.717) is 12.8 Å². The van der Waals surface area contributed by atoms with E-state index >= 15 is 9.90 Å². The largest absolute Gasteiger partial charge is 0.550 e. The fourth-order valence-electron chi connectivity index (χ4n) is 13.7. The van der Waals surface area contributed by atoms with Gasteiger partial charge in [0.05, 0.1) is 0 Å². The lowest BCUT2D eigenvalue weighted by molar-refractivity contribution is -0.329. The first-order valence-electron chi connectivity index (χ1n) is 28.9.